The highest BCUT2D eigenvalue weighted by Gasteiger charge is 2.15. The zero-order chi connectivity index (χ0) is 15.4. The molecule has 0 aliphatic carbocycles. The monoisotopic (exact) mass is 300 g/mol. The van der Waals surface area contributed by atoms with Crippen LogP contribution in [0.5, 0.6) is 5.75 Å². The van der Waals surface area contributed by atoms with Gasteiger partial charge in [-0.05, 0) is 31.2 Å². The highest BCUT2D eigenvalue weighted by molar-refractivity contribution is 6.31. The Hall–Kier alpha value is -2.51. The van der Waals surface area contributed by atoms with Crippen molar-refractivity contribution >= 4 is 11.6 Å². The summed E-state index contributed by atoms with van der Waals surface area (Å²) in [7, 11) is 0. The molecule has 0 fully saturated rings. The van der Waals surface area contributed by atoms with Gasteiger partial charge >= 0.3 is 0 Å². The fourth-order valence-corrected chi connectivity index (χ4v) is 2.17. The Labute approximate surface area is 127 Å². The summed E-state index contributed by atoms with van der Waals surface area (Å²) in [6, 6.07) is 8.73. The summed E-state index contributed by atoms with van der Waals surface area (Å²) in [5.74, 6) is 0.542. The van der Waals surface area contributed by atoms with Crippen LogP contribution in [0.4, 0.5) is 0 Å². The van der Waals surface area contributed by atoms with Crippen LogP contribution in [0, 0.1) is 18.3 Å². The summed E-state index contributed by atoms with van der Waals surface area (Å²) in [5.41, 5.74) is 1.37. The van der Waals surface area contributed by atoms with E-state index in [-0.39, 0.29) is 5.56 Å². The van der Waals surface area contributed by atoms with Crippen LogP contribution in [0.3, 0.4) is 0 Å². The number of nitriles is 1. The van der Waals surface area contributed by atoms with Crippen LogP contribution < -0.4 is 10.3 Å². The van der Waals surface area contributed by atoms with E-state index in [1.54, 1.807) is 37.3 Å². The number of benzene rings is 1. The lowest BCUT2D eigenvalue weighted by molar-refractivity contribution is 0.364. The van der Waals surface area contributed by atoms with Gasteiger partial charge in [0.15, 0.2) is 0 Å². The van der Waals surface area contributed by atoms with Gasteiger partial charge in [-0.3, -0.25) is 4.79 Å². The molecule has 2 aromatic rings. The summed E-state index contributed by atoms with van der Waals surface area (Å²) >= 11 is 6.03. The SMILES string of the molecule is C=CCOc1ccc(Cl)cc1-c1cc(C)[nH]c(=O)c1C#N. The molecule has 21 heavy (non-hydrogen) atoms. The molecule has 0 saturated heterocycles. The van der Waals surface area contributed by atoms with Gasteiger partial charge < -0.3 is 9.72 Å². The molecule has 1 aromatic heterocycles. The van der Waals surface area contributed by atoms with Crippen molar-refractivity contribution in [2.75, 3.05) is 6.61 Å². The van der Waals surface area contributed by atoms with Crippen molar-refractivity contribution in [3.05, 3.63) is 63.6 Å². The predicted molar refractivity (Wildman–Crippen MR) is 82.7 cm³/mol. The number of H-pyrrole nitrogens is 1. The molecular formula is C16H13ClN2O2. The lowest BCUT2D eigenvalue weighted by Crippen LogP contribution is -2.13. The summed E-state index contributed by atoms with van der Waals surface area (Å²) in [5, 5.41) is 9.73. The number of rotatable bonds is 4. The van der Waals surface area contributed by atoms with E-state index in [1.807, 2.05) is 6.07 Å². The van der Waals surface area contributed by atoms with Crippen molar-refractivity contribution in [1.82, 2.24) is 4.98 Å². The Kier molecular flexibility index (Phi) is 4.46. The van der Waals surface area contributed by atoms with E-state index >= 15 is 0 Å². The molecule has 5 heteroatoms. The molecule has 0 bridgehead atoms. The van der Waals surface area contributed by atoms with Crippen LogP contribution in [0.15, 0.2) is 41.7 Å². The topological polar surface area (TPSA) is 65.9 Å². The van der Waals surface area contributed by atoms with E-state index in [4.69, 9.17) is 16.3 Å². The van der Waals surface area contributed by atoms with Crippen molar-refractivity contribution in [2.24, 2.45) is 0 Å². The molecule has 106 valence electrons. The number of aromatic amines is 1. The number of nitrogens with zero attached hydrogens (tertiary/aromatic N) is 1. The zero-order valence-corrected chi connectivity index (χ0v) is 12.2. The highest BCUT2D eigenvalue weighted by atomic mass is 35.5. The third kappa shape index (κ3) is 3.15. The summed E-state index contributed by atoms with van der Waals surface area (Å²) in [6.45, 7) is 5.67. The second-order valence-corrected chi connectivity index (χ2v) is 4.86. The number of hydrogen-bond donors (Lipinski definition) is 1. The predicted octanol–water partition coefficient (Wildman–Crippen LogP) is 3.44. The minimum atomic E-state index is -0.429. The maximum absolute atomic E-state index is 11.9. The molecule has 0 radical (unpaired) electrons. The molecule has 0 aliphatic rings. The van der Waals surface area contributed by atoms with Crippen molar-refractivity contribution in [3.63, 3.8) is 0 Å². The Bertz CT molecular complexity index is 788. The Morgan fingerprint density at radius 1 is 1.43 bits per heavy atom. The maximum atomic E-state index is 11.9. The normalized spacial score (nSPS) is 9.95. The molecule has 0 aliphatic heterocycles. The number of halogens is 1. The van der Waals surface area contributed by atoms with Gasteiger partial charge in [-0.1, -0.05) is 24.3 Å². The van der Waals surface area contributed by atoms with Crippen LogP contribution in [-0.4, -0.2) is 11.6 Å². The number of nitrogens with one attached hydrogen (secondary N) is 1. The minimum absolute atomic E-state index is 0.0336. The molecule has 2 rings (SSSR count). The van der Waals surface area contributed by atoms with Crippen molar-refractivity contribution in [2.45, 2.75) is 6.92 Å². The third-order valence-electron chi connectivity index (χ3n) is 2.87. The van der Waals surface area contributed by atoms with Gasteiger partial charge in [0.05, 0.1) is 0 Å². The van der Waals surface area contributed by atoms with E-state index in [9.17, 15) is 10.1 Å². The molecule has 0 atom stereocenters. The average molecular weight is 301 g/mol. The standard InChI is InChI=1S/C16H13ClN2O2/c1-3-6-21-15-5-4-11(17)8-13(15)12-7-10(2)19-16(20)14(12)9-18/h3-5,7-8H,1,6H2,2H3,(H,19,20). The number of pyridine rings is 1. The quantitative estimate of drug-likeness (QED) is 0.880. The van der Waals surface area contributed by atoms with Crippen LogP contribution >= 0.6 is 11.6 Å². The van der Waals surface area contributed by atoms with Crippen LogP contribution in [0.2, 0.25) is 5.02 Å². The molecule has 1 aromatic carbocycles. The fraction of sp³-hybridized carbons (Fsp3) is 0.125. The van der Waals surface area contributed by atoms with Gasteiger partial charge in [-0.25, -0.2) is 0 Å². The molecular weight excluding hydrogens is 288 g/mol. The minimum Gasteiger partial charge on any atom is -0.489 e. The number of aryl methyl sites for hydroxylation is 1. The molecule has 0 unspecified atom stereocenters. The first-order valence-electron chi connectivity index (χ1n) is 6.24. The van der Waals surface area contributed by atoms with Gasteiger partial charge in [0.25, 0.3) is 5.56 Å². The second-order valence-electron chi connectivity index (χ2n) is 4.42. The maximum Gasteiger partial charge on any atom is 0.266 e. The number of hydrogen-bond acceptors (Lipinski definition) is 3. The van der Waals surface area contributed by atoms with E-state index in [0.717, 1.165) is 0 Å². The molecule has 0 saturated carbocycles. The second kappa shape index (κ2) is 6.29. The Balaban J connectivity index is 2.71. The van der Waals surface area contributed by atoms with Crippen LogP contribution in [0.25, 0.3) is 11.1 Å². The third-order valence-corrected chi connectivity index (χ3v) is 3.10. The Morgan fingerprint density at radius 2 is 2.19 bits per heavy atom. The largest absolute Gasteiger partial charge is 0.489 e. The lowest BCUT2D eigenvalue weighted by atomic mass is 10.00. The smallest absolute Gasteiger partial charge is 0.266 e. The van der Waals surface area contributed by atoms with Crippen molar-refractivity contribution in [3.8, 4) is 22.9 Å². The van der Waals surface area contributed by atoms with E-state index < -0.39 is 5.56 Å². The van der Waals surface area contributed by atoms with E-state index in [2.05, 4.69) is 11.6 Å². The van der Waals surface area contributed by atoms with Gasteiger partial charge in [-0.15, -0.1) is 0 Å². The van der Waals surface area contributed by atoms with Gasteiger partial charge in [0.1, 0.15) is 24.0 Å². The fourth-order valence-electron chi connectivity index (χ4n) is 2.00. The molecule has 1 heterocycles. The average Bonchev–Trinajstić information content (AvgIpc) is 2.45. The van der Waals surface area contributed by atoms with Crippen molar-refractivity contribution in [1.29, 1.82) is 5.26 Å². The Morgan fingerprint density at radius 3 is 2.86 bits per heavy atom. The molecule has 0 spiro atoms. The summed E-state index contributed by atoms with van der Waals surface area (Å²) in [6.07, 6.45) is 1.62. The lowest BCUT2D eigenvalue weighted by Gasteiger charge is -2.12. The summed E-state index contributed by atoms with van der Waals surface area (Å²) < 4.78 is 5.58. The zero-order valence-electron chi connectivity index (χ0n) is 11.4. The number of ether oxygens (including phenoxy) is 1. The van der Waals surface area contributed by atoms with Crippen LogP contribution in [-0.2, 0) is 0 Å². The van der Waals surface area contributed by atoms with Gasteiger partial charge in [0, 0.05) is 21.8 Å². The van der Waals surface area contributed by atoms with E-state index in [0.29, 0.717) is 34.2 Å². The first-order valence-corrected chi connectivity index (χ1v) is 6.62. The molecule has 1 N–H and O–H groups in total. The summed E-state index contributed by atoms with van der Waals surface area (Å²) in [4.78, 5) is 14.5. The van der Waals surface area contributed by atoms with Crippen LogP contribution in [0.1, 0.15) is 11.3 Å². The van der Waals surface area contributed by atoms with Gasteiger partial charge in [-0.2, -0.15) is 5.26 Å². The van der Waals surface area contributed by atoms with Crippen molar-refractivity contribution < 1.29 is 4.74 Å². The highest BCUT2D eigenvalue weighted by Crippen LogP contribution is 2.34. The first kappa shape index (κ1) is 14.9. The first-order chi connectivity index (χ1) is 10.1. The molecule has 4 nitrogen and oxygen atoms in total. The number of aromatic nitrogens is 1. The van der Waals surface area contributed by atoms with Gasteiger partial charge in [0.2, 0.25) is 0 Å². The molecule has 0 amide bonds. The van der Waals surface area contributed by atoms with E-state index in [1.165, 1.54) is 0 Å².